The van der Waals surface area contributed by atoms with Crippen molar-refractivity contribution in [3.05, 3.63) is 52.6 Å². The average Bonchev–Trinajstić information content (AvgIpc) is 2.32. The van der Waals surface area contributed by atoms with E-state index in [9.17, 15) is 4.79 Å². The van der Waals surface area contributed by atoms with Crippen LogP contribution in [-0.4, -0.2) is 14.8 Å². The van der Waals surface area contributed by atoms with Crippen LogP contribution >= 0.6 is 0 Å². The lowest BCUT2D eigenvalue weighted by Crippen LogP contribution is -2.22. The zero-order chi connectivity index (χ0) is 11.4. The highest BCUT2D eigenvalue weighted by atomic mass is 16.1. The van der Waals surface area contributed by atoms with Crippen LogP contribution in [0.2, 0.25) is 0 Å². The Morgan fingerprint density at radius 1 is 1.31 bits per heavy atom. The van der Waals surface area contributed by atoms with Crippen molar-refractivity contribution in [1.29, 1.82) is 0 Å². The van der Waals surface area contributed by atoms with Crippen molar-refractivity contribution in [2.75, 3.05) is 5.43 Å². The van der Waals surface area contributed by atoms with Gasteiger partial charge in [-0.15, -0.1) is 0 Å². The summed E-state index contributed by atoms with van der Waals surface area (Å²) in [5.74, 6) is 5.80. The Morgan fingerprint density at radius 3 is 2.94 bits per heavy atom. The van der Waals surface area contributed by atoms with E-state index in [1.807, 2.05) is 12.1 Å². The van der Waals surface area contributed by atoms with Gasteiger partial charge in [-0.1, -0.05) is 6.07 Å². The molecule has 0 radical (unpaired) electrons. The molecule has 16 heavy (non-hydrogen) atoms. The summed E-state index contributed by atoms with van der Waals surface area (Å²) in [4.78, 5) is 15.6. The van der Waals surface area contributed by atoms with Gasteiger partial charge in [-0.25, -0.2) is 15.5 Å². The molecule has 0 spiro atoms. The average molecular weight is 217 g/mol. The van der Waals surface area contributed by atoms with Crippen molar-refractivity contribution in [3.8, 4) is 0 Å². The maximum Gasteiger partial charge on any atom is 0.267 e. The van der Waals surface area contributed by atoms with Crippen LogP contribution in [0.3, 0.4) is 0 Å². The van der Waals surface area contributed by atoms with E-state index in [4.69, 9.17) is 5.84 Å². The number of nitrogens with zero attached hydrogens (tertiary/aromatic N) is 3. The van der Waals surface area contributed by atoms with E-state index in [1.54, 1.807) is 18.3 Å². The second-order valence-electron chi connectivity index (χ2n) is 3.18. The monoisotopic (exact) mass is 217 g/mol. The summed E-state index contributed by atoms with van der Waals surface area (Å²) in [7, 11) is 0. The first kappa shape index (κ1) is 10.3. The molecule has 0 bridgehead atoms. The SMILES string of the molecule is NNc1cccc(Cn2ncccc2=O)n1. The Bertz CT molecular complexity index is 536. The molecule has 2 aromatic rings. The molecule has 3 N–H and O–H groups in total. The standard InChI is InChI=1S/C10H11N5O/c11-14-9-4-1-3-8(13-9)7-15-10(16)5-2-6-12-15/h1-6H,7,11H2,(H,13,14). The Kier molecular flexibility index (Phi) is 2.93. The Labute approximate surface area is 91.7 Å². The zero-order valence-electron chi connectivity index (χ0n) is 8.50. The molecule has 0 saturated carbocycles. The van der Waals surface area contributed by atoms with Crippen molar-refractivity contribution < 1.29 is 0 Å². The molecule has 0 atom stereocenters. The van der Waals surface area contributed by atoms with Gasteiger partial charge < -0.3 is 5.43 Å². The number of pyridine rings is 1. The zero-order valence-corrected chi connectivity index (χ0v) is 8.50. The molecule has 2 heterocycles. The predicted octanol–water partition coefficient (Wildman–Crippen LogP) is -0.0278. The van der Waals surface area contributed by atoms with Crippen LogP contribution in [0.5, 0.6) is 0 Å². The van der Waals surface area contributed by atoms with Crippen LogP contribution in [0.4, 0.5) is 5.82 Å². The molecule has 0 aliphatic rings. The second-order valence-corrected chi connectivity index (χ2v) is 3.18. The molecule has 0 aromatic carbocycles. The summed E-state index contributed by atoms with van der Waals surface area (Å²) in [5, 5.41) is 3.94. The van der Waals surface area contributed by atoms with Crippen LogP contribution in [0.15, 0.2) is 41.3 Å². The summed E-state index contributed by atoms with van der Waals surface area (Å²) < 4.78 is 1.34. The normalized spacial score (nSPS) is 10.1. The van der Waals surface area contributed by atoms with E-state index in [0.717, 1.165) is 5.69 Å². The molecule has 82 valence electrons. The molecule has 0 fully saturated rings. The minimum absolute atomic E-state index is 0.157. The van der Waals surface area contributed by atoms with E-state index in [1.165, 1.54) is 10.7 Å². The van der Waals surface area contributed by atoms with Crippen LogP contribution in [-0.2, 0) is 6.54 Å². The third kappa shape index (κ3) is 2.23. The number of anilines is 1. The number of aromatic nitrogens is 3. The second kappa shape index (κ2) is 4.54. The molecular weight excluding hydrogens is 206 g/mol. The molecule has 2 rings (SSSR count). The van der Waals surface area contributed by atoms with Gasteiger partial charge in [0.15, 0.2) is 0 Å². The van der Waals surface area contributed by atoms with Crippen LogP contribution in [0.25, 0.3) is 0 Å². The number of nitrogen functional groups attached to an aromatic ring is 1. The van der Waals surface area contributed by atoms with Gasteiger partial charge in [0.1, 0.15) is 5.82 Å². The van der Waals surface area contributed by atoms with Crippen molar-refractivity contribution in [2.24, 2.45) is 5.84 Å². The number of nitrogens with two attached hydrogens (primary N) is 1. The number of hydrazine groups is 1. The van der Waals surface area contributed by atoms with E-state index >= 15 is 0 Å². The molecule has 0 unspecified atom stereocenters. The maximum absolute atomic E-state index is 11.4. The molecule has 2 aromatic heterocycles. The largest absolute Gasteiger partial charge is 0.308 e. The molecule has 0 amide bonds. The van der Waals surface area contributed by atoms with E-state index in [-0.39, 0.29) is 5.56 Å². The first-order chi connectivity index (χ1) is 7.79. The summed E-state index contributed by atoms with van der Waals surface area (Å²) in [6.07, 6.45) is 1.56. The Morgan fingerprint density at radius 2 is 2.19 bits per heavy atom. The fourth-order valence-corrected chi connectivity index (χ4v) is 1.31. The fourth-order valence-electron chi connectivity index (χ4n) is 1.31. The number of rotatable bonds is 3. The third-order valence-electron chi connectivity index (χ3n) is 2.05. The van der Waals surface area contributed by atoms with E-state index < -0.39 is 0 Å². The van der Waals surface area contributed by atoms with Crippen molar-refractivity contribution in [3.63, 3.8) is 0 Å². The maximum atomic E-state index is 11.4. The highest BCUT2D eigenvalue weighted by Gasteiger charge is 2.00. The van der Waals surface area contributed by atoms with Gasteiger partial charge in [0.2, 0.25) is 0 Å². The summed E-state index contributed by atoms with van der Waals surface area (Å²) in [5.41, 5.74) is 3.01. The lowest BCUT2D eigenvalue weighted by Gasteiger charge is -2.04. The van der Waals surface area contributed by atoms with Crippen LogP contribution in [0.1, 0.15) is 5.69 Å². The number of hydrogen-bond acceptors (Lipinski definition) is 5. The first-order valence-corrected chi connectivity index (χ1v) is 4.74. The third-order valence-corrected chi connectivity index (χ3v) is 2.05. The molecule has 0 aliphatic heterocycles. The smallest absolute Gasteiger partial charge is 0.267 e. The van der Waals surface area contributed by atoms with Gasteiger partial charge in [-0.05, 0) is 18.2 Å². The molecule has 0 aliphatic carbocycles. The quantitative estimate of drug-likeness (QED) is 0.557. The fraction of sp³-hybridized carbons (Fsp3) is 0.100. The van der Waals surface area contributed by atoms with Gasteiger partial charge >= 0.3 is 0 Å². The van der Waals surface area contributed by atoms with E-state index in [0.29, 0.717) is 12.4 Å². The minimum Gasteiger partial charge on any atom is -0.308 e. The first-order valence-electron chi connectivity index (χ1n) is 4.74. The summed E-state index contributed by atoms with van der Waals surface area (Å²) in [6.45, 7) is 0.329. The molecule has 6 nitrogen and oxygen atoms in total. The highest BCUT2D eigenvalue weighted by Crippen LogP contribution is 2.03. The minimum atomic E-state index is -0.157. The predicted molar refractivity (Wildman–Crippen MR) is 59.6 cm³/mol. The Balaban J connectivity index is 2.27. The van der Waals surface area contributed by atoms with Crippen molar-refractivity contribution in [2.45, 2.75) is 6.54 Å². The summed E-state index contributed by atoms with van der Waals surface area (Å²) in [6, 6.07) is 8.42. The van der Waals surface area contributed by atoms with Crippen molar-refractivity contribution >= 4 is 5.82 Å². The van der Waals surface area contributed by atoms with Gasteiger partial charge in [0.25, 0.3) is 5.56 Å². The van der Waals surface area contributed by atoms with Gasteiger partial charge in [-0.2, -0.15) is 5.10 Å². The topological polar surface area (TPSA) is 85.8 Å². The number of hydrogen-bond donors (Lipinski definition) is 2. The molecule has 6 heteroatoms. The highest BCUT2D eigenvalue weighted by molar-refractivity contribution is 5.33. The number of nitrogens with one attached hydrogen (secondary N) is 1. The van der Waals surface area contributed by atoms with Gasteiger partial charge in [0, 0.05) is 12.3 Å². The Hall–Kier alpha value is -2.21. The lowest BCUT2D eigenvalue weighted by atomic mass is 10.3. The molecular formula is C10H11N5O. The lowest BCUT2D eigenvalue weighted by molar-refractivity contribution is 0.628. The van der Waals surface area contributed by atoms with Crippen LogP contribution in [0, 0.1) is 0 Å². The van der Waals surface area contributed by atoms with Crippen LogP contribution < -0.4 is 16.8 Å². The summed E-state index contributed by atoms with van der Waals surface area (Å²) >= 11 is 0. The van der Waals surface area contributed by atoms with Gasteiger partial charge in [-0.3, -0.25) is 4.79 Å². The van der Waals surface area contributed by atoms with E-state index in [2.05, 4.69) is 15.5 Å². The van der Waals surface area contributed by atoms with Gasteiger partial charge in [0.05, 0.1) is 12.2 Å². The van der Waals surface area contributed by atoms with Crippen molar-refractivity contribution in [1.82, 2.24) is 14.8 Å². The molecule has 0 saturated heterocycles.